The highest BCUT2D eigenvalue weighted by molar-refractivity contribution is 5.40. The number of phenols is 1. The zero-order valence-electron chi connectivity index (χ0n) is 8.33. The normalized spacial score (nSPS) is 11.7. The molecule has 2 nitrogen and oxygen atoms in total. The molecule has 0 bridgehead atoms. The molecule has 0 saturated carbocycles. The quantitative estimate of drug-likeness (QED) is 0.695. The topological polar surface area (TPSA) is 40.5 Å². The number of hydrogen-bond donors (Lipinski definition) is 2. The van der Waals surface area contributed by atoms with Gasteiger partial charge in [-0.05, 0) is 22.6 Å². The monoisotopic (exact) mass is 180 g/mol. The molecule has 0 aliphatic rings. The van der Waals surface area contributed by atoms with Crippen molar-refractivity contribution in [1.29, 1.82) is 0 Å². The summed E-state index contributed by atoms with van der Waals surface area (Å²) in [5.41, 5.74) is 1.59. The van der Waals surface area contributed by atoms with E-state index in [1.165, 1.54) is 0 Å². The van der Waals surface area contributed by atoms with Crippen LogP contribution in [0.1, 0.15) is 31.9 Å². The predicted molar refractivity (Wildman–Crippen MR) is 52.7 cm³/mol. The second-order valence-electron chi connectivity index (χ2n) is 4.26. The van der Waals surface area contributed by atoms with Crippen LogP contribution in [0.25, 0.3) is 0 Å². The Hall–Kier alpha value is -1.02. The third kappa shape index (κ3) is 2.22. The van der Waals surface area contributed by atoms with E-state index in [2.05, 4.69) is 0 Å². The fraction of sp³-hybridized carbons (Fsp3) is 0.455. The van der Waals surface area contributed by atoms with E-state index in [0.717, 1.165) is 11.1 Å². The third-order valence-electron chi connectivity index (χ3n) is 2.05. The third-order valence-corrected chi connectivity index (χ3v) is 2.05. The number of aromatic hydroxyl groups is 1. The van der Waals surface area contributed by atoms with E-state index in [4.69, 9.17) is 5.11 Å². The maximum atomic E-state index is 9.65. The lowest BCUT2D eigenvalue weighted by Crippen LogP contribution is -2.11. The first-order valence-electron chi connectivity index (χ1n) is 4.38. The van der Waals surface area contributed by atoms with E-state index in [0.29, 0.717) is 0 Å². The van der Waals surface area contributed by atoms with E-state index >= 15 is 0 Å². The number of benzene rings is 1. The van der Waals surface area contributed by atoms with E-state index in [-0.39, 0.29) is 17.8 Å². The van der Waals surface area contributed by atoms with Gasteiger partial charge in [0, 0.05) is 0 Å². The SMILES string of the molecule is CC(C)(C)c1ccc(CO)cc1O. The Morgan fingerprint density at radius 1 is 1.23 bits per heavy atom. The molecule has 0 radical (unpaired) electrons. The molecule has 0 aromatic heterocycles. The van der Waals surface area contributed by atoms with E-state index < -0.39 is 0 Å². The molecule has 0 atom stereocenters. The van der Waals surface area contributed by atoms with Gasteiger partial charge in [-0.3, -0.25) is 0 Å². The predicted octanol–water partition coefficient (Wildman–Crippen LogP) is 2.18. The molecule has 1 aromatic carbocycles. The van der Waals surface area contributed by atoms with Crippen molar-refractivity contribution >= 4 is 0 Å². The second-order valence-corrected chi connectivity index (χ2v) is 4.26. The van der Waals surface area contributed by atoms with Crippen molar-refractivity contribution in [3.63, 3.8) is 0 Å². The minimum atomic E-state index is -0.0575. The molecule has 1 aromatic rings. The molecular weight excluding hydrogens is 164 g/mol. The van der Waals surface area contributed by atoms with Gasteiger partial charge in [-0.2, -0.15) is 0 Å². The average Bonchev–Trinajstić information content (AvgIpc) is 2.01. The Morgan fingerprint density at radius 2 is 1.85 bits per heavy atom. The van der Waals surface area contributed by atoms with E-state index in [9.17, 15) is 5.11 Å². The number of aliphatic hydroxyl groups is 1. The maximum absolute atomic E-state index is 9.65. The number of hydrogen-bond acceptors (Lipinski definition) is 2. The van der Waals surface area contributed by atoms with Gasteiger partial charge in [-0.1, -0.05) is 32.9 Å². The van der Waals surface area contributed by atoms with Gasteiger partial charge in [-0.15, -0.1) is 0 Å². The molecule has 0 heterocycles. The lowest BCUT2D eigenvalue weighted by molar-refractivity contribution is 0.281. The van der Waals surface area contributed by atoms with Crippen molar-refractivity contribution < 1.29 is 10.2 Å². The largest absolute Gasteiger partial charge is 0.508 e. The number of phenolic OH excluding ortho intramolecular Hbond substituents is 1. The van der Waals surface area contributed by atoms with Crippen molar-refractivity contribution in [2.45, 2.75) is 32.8 Å². The van der Waals surface area contributed by atoms with Crippen LogP contribution in [-0.2, 0) is 12.0 Å². The lowest BCUT2D eigenvalue weighted by atomic mass is 9.86. The lowest BCUT2D eigenvalue weighted by Gasteiger charge is -2.20. The molecule has 0 amide bonds. The molecule has 72 valence electrons. The Balaban J connectivity index is 3.13. The highest BCUT2D eigenvalue weighted by Crippen LogP contribution is 2.30. The molecule has 0 spiro atoms. The van der Waals surface area contributed by atoms with Crippen LogP contribution in [-0.4, -0.2) is 10.2 Å². The van der Waals surface area contributed by atoms with Crippen molar-refractivity contribution in [2.24, 2.45) is 0 Å². The minimum absolute atomic E-state index is 0.0298. The molecule has 0 saturated heterocycles. The molecule has 2 heteroatoms. The van der Waals surface area contributed by atoms with Gasteiger partial charge in [0.25, 0.3) is 0 Å². The van der Waals surface area contributed by atoms with Crippen LogP contribution in [0.3, 0.4) is 0 Å². The average molecular weight is 180 g/mol. The summed E-state index contributed by atoms with van der Waals surface area (Å²) >= 11 is 0. The summed E-state index contributed by atoms with van der Waals surface area (Å²) in [6, 6.07) is 5.31. The standard InChI is InChI=1S/C11H16O2/c1-11(2,3)9-5-4-8(7-12)6-10(9)13/h4-6,12-13H,7H2,1-3H3. The molecule has 2 N–H and O–H groups in total. The van der Waals surface area contributed by atoms with Gasteiger partial charge in [0.1, 0.15) is 5.75 Å². The Bertz CT molecular complexity index is 297. The molecule has 13 heavy (non-hydrogen) atoms. The maximum Gasteiger partial charge on any atom is 0.119 e. The van der Waals surface area contributed by atoms with Crippen LogP contribution >= 0.6 is 0 Å². The molecule has 0 aliphatic carbocycles. The molecule has 1 rings (SSSR count). The minimum Gasteiger partial charge on any atom is -0.508 e. The van der Waals surface area contributed by atoms with E-state index in [1.54, 1.807) is 6.07 Å². The van der Waals surface area contributed by atoms with Crippen LogP contribution < -0.4 is 0 Å². The second kappa shape index (κ2) is 3.38. The van der Waals surface area contributed by atoms with Crippen molar-refractivity contribution in [2.75, 3.05) is 0 Å². The van der Waals surface area contributed by atoms with Gasteiger partial charge in [0.2, 0.25) is 0 Å². The van der Waals surface area contributed by atoms with Gasteiger partial charge in [-0.25, -0.2) is 0 Å². The van der Waals surface area contributed by atoms with Crippen molar-refractivity contribution in [1.82, 2.24) is 0 Å². The Kier molecular flexibility index (Phi) is 2.62. The Morgan fingerprint density at radius 3 is 2.23 bits per heavy atom. The summed E-state index contributed by atoms with van der Waals surface area (Å²) in [7, 11) is 0. The van der Waals surface area contributed by atoms with Crippen LogP contribution in [0.5, 0.6) is 5.75 Å². The first-order valence-corrected chi connectivity index (χ1v) is 4.38. The summed E-state index contributed by atoms with van der Waals surface area (Å²) < 4.78 is 0. The number of aliphatic hydroxyl groups excluding tert-OH is 1. The summed E-state index contributed by atoms with van der Waals surface area (Å²) in [5, 5.41) is 18.5. The summed E-state index contributed by atoms with van der Waals surface area (Å²) in [6.45, 7) is 6.10. The van der Waals surface area contributed by atoms with Gasteiger partial charge in [0.05, 0.1) is 6.61 Å². The highest BCUT2D eigenvalue weighted by atomic mass is 16.3. The molecular formula is C11H16O2. The smallest absolute Gasteiger partial charge is 0.119 e. The van der Waals surface area contributed by atoms with Crippen LogP contribution in [0, 0.1) is 0 Å². The molecule has 0 fully saturated rings. The van der Waals surface area contributed by atoms with Crippen molar-refractivity contribution in [3.8, 4) is 5.75 Å². The van der Waals surface area contributed by atoms with Crippen molar-refractivity contribution in [3.05, 3.63) is 29.3 Å². The van der Waals surface area contributed by atoms with Gasteiger partial charge >= 0.3 is 0 Å². The molecule has 0 aliphatic heterocycles. The zero-order chi connectivity index (χ0) is 10.1. The van der Waals surface area contributed by atoms with Crippen LogP contribution in [0.15, 0.2) is 18.2 Å². The first-order chi connectivity index (χ1) is 5.95. The summed E-state index contributed by atoms with van der Waals surface area (Å²) in [6.07, 6.45) is 0. The zero-order valence-corrected chi connectivity index (χ0v) is 8.33. The van der Waals surface area contributed by atoms with Crippen LogP contribution in [0.4, 0.5) is 0 Å². The van der Waals surface area contributed by atoms with Crippen LogP contribution in [0.2, 0.25) is 0 Å². The van der Waals surface area contributed by atoms with E-state index in [1.807, 2.05) is 32.9 Å². The fourth-order valence-electron chi connectivity index (χ4n) is 1.31. The first kappa shape index (κ1) is 10.1. The van der Waals surface area contributed by atoms with Gasteiger partial charge < -0.3 is 10.2 Å². The van der Waals surface area contributed by atoms with Gasteiger partial charge in [0.15, 0.2) is 0 Å². The number of rotatable bonds is 1. The summed E-state index contributed by atoms with van der Waals surface area (Å²) in [5.74, 6) is 0.263. The molecule has 0 unspecified atom stereocenters. The summed E-state index contributed by atoms with van der Waals surface area (Å²) in [4.78, 5) is 0. The Labute approximate surface area is 78.8 Å². The fourth-order valence-corrected chi connectivity index (χ4v) is 1.31. The highest BCUT2D eigenvalue weighted by Gasteiger charge is 2.17.